The largest absolute Gasteiger partial charge is 0.368 e. The van der Waals surface area contributed by atoms with E-state index in [4.69, 9.17) is 5.73 Å². The third-order valence-corrected chi connectivity index (χ3v) is 3.65. The first-order valence-electron chi connectivity index (χ1n) is 5.98. The number of nitrogens with one attached hydrogen (secondary N) is 1. The molecule has 1 spiro atoms. The first-order chi connectivity index (χ1) is 8.06. The van der Waals surface area contributed by atoms with Gasteiger partial charge in [-0.05, 0) is 12.8 Å². The van der Waals surface area contributed by atoms with Crippen molar-refractivity contribution >= 4 is 17.8 Å². The number of hydrogen-bond acceptors (Lipinski definition) is 3. The summed E-state index contributed by atoms with van der Waals surface area (Å²) >= 11 is 0. The number of nitrogens with zero attached hydrogens (tertiary/aromatic N) is 1. The molecule has 0 aromatic rings. The highest BCUT2D eigenvalue weighted by atomic mass is 16.2. The summed E-state index contributed by atoms with van der Waals surface area (Å²) in [5.74, 6) is -0.857. The molecule has 6 heteroatoms. The second-order valence-electron chi connectivity index (χ2n) is 4.76. The Balaban J connectivity index is 2.28. The Hall–Kier alpha value is -1.59. The molecule has 6 nitrogen and oxygen atoms in total. The lowest BCUT2D eigenvalue weighted by atomic mass is 9.88. The summed E-state index contributed by atoms with van der Waals surface area (Å²) in [6, 6.07) is -0.490. The molecule has 4 amide bonds. The molecule has 1 aliphatic carbocycles. The molecule has 0 radical (unpaired) electrons. The van der Waals surface area contributed by atoms with Gasteiger partial charge in [0.2, 0.25) is 5.91 Å². The summed E-state index contributed by atoms with van der Waals surface area (Å²) in [5.41, 5.74) is 4.31. The van der Waals surface area contributed by atoms with E-state index >= 15 is 0 Å². The third-order valence-electron chi connectivity index (χ3n) is 3.65. The minimum atomic E-state index is -0.831. The Kier molecular flexibility index (Phi) is 3.04. The van der Waals surface area contributed by atoms with Gasteiger partial charge in [0.25, 0.3) is 5.91 Å². The zero-order chi connectivity index (χ0) is 12.5. The lowest BCUT2D eigenvalue weighted by molar-refractivity contribution is -0.128. The Bertz CT molecular complexity index is 359. The van der Waals surface area contributed by atoms with Crippen molar-refractivity contribution in [2.45, 2.75) is 44.1 Å². The Labute approximate surface area is 99.5 Å². The van der Waals surface area contributed by atoms with E-state index in [2.05, 4.69) is 5.32 Å². The van der Waals surface area contributed by atoms with Crippen LogP contribution in [0.3, 0.4) is 0 Å². The SMILES string of the molecule is NC(=O)CN1C(=O)NC(=O)C12CCCCCC2. The summed E-state index contributed by atoms with van der Waals surface area (Å²) < 4.78 is 0. The second-order valence-corrected chi connectivity index (χ2v) is 4.76. The fraction of sp³-hybridized carbons (Fsp3) is 0.727. The van der Waals surface area contributed by atoms with E-state index in [-0.39, 0.29) is 12.5 Å². The standard InChI is InChI=1S/C11H17N3O3/c12-8(15)7-14-10(17)13-9(16)11(14)5-3-1-2-4-6-11/h1-7H2,(H2,12,15)(H,13,16,17). The number of amides is 4. The quantitative estimate of drug-likeness (QED) is 0.670. The highest BCUT2D eigenvalue weighted by Crippen LogP contribution is 2.35. The van der Waals surface area contributed by atoms with Crippen molar-refractivity contribution in [3.05, 3.63) is 0 Å². The molecule has 0 bridgehead atoms. The van der Waals surface area contributed by atoms with Gasteiger partial charge in [-0.3, -0.25) is 14.9 Å². The number of urea groups is 1. The van der Waals surface area contributed by atoms with Gasteiger partial charge in [0.15, 0.2) is 0 Å². The van der Waals surface area contributed by atoms with Crippen LogP contribution >= 0.6 is 0 Å². The van der Waals surface area contributed by atoms with Crippen molar-refractivity contribution in [1.82, 2.24) is 10.2 Å². The van der Waals surface area contributed by atoms with Crippen LogP contribution in [0.2, 0.25) is 0 Å². The van der Waals surface area contributed by atoms with E-state index in [1.165, 1.54) is 4.90 Å². The van der Waals surface area contributed by atoms with Crippen molar-refractivity contribution in [1.29, 1.82) is 0 Å². The molecule has 1 saturated carbocycles. The lowest BCUT2D eigenvalue weighted by Crippen LogP contribution is -2.52. The molecule has 17 heavy (non-hydrogen) atoms. The predicted molar refractivity (Wildman–Crippen MR) is 59.9 cm³/mol. The first kappa shape index (κ1) is 11.9. The van der Waals surface area contributed by atoms with E-state index in [0.717, 1.165) is 25.7 Å². The fourth-order valence-corrected chi connectivity index (χ4v) is 2.79. The zero-order valence-electron chi connectivity index (χ0n) is 9.70. The molecule has 2 rings (SSSR count). The molecule has 1 saturated heterocycles. The molecular weight excluding hydrogens is 222 g/mol. The number of carbonyl (C=O) groups is 3. The van der Waals surface area contributed by atoms with Crippen molar-refractivity contribution in [2.75, 3.05) is 6.54 Å². The van der Waals surface area contributed by atoms with E-state index < -0.39 is 17.5 Å². The molecule has 0 aromatic carbocycles. The Morgan fingerprint density at radius 1 is 1.24 bits per heavy atom. The maximum atomic E-state index is 12.0. The van der Waals surface area contributed by atoms with Crippen LogP contribution in [0.15, 0.2) is 0 Å². The van der Waals surface area contributed by atoms with E-state index in [0.29, 0.717) is 12.8 Å². The van der Waals surface area contributed by atoms with Gasteiger partial charge in [0.1, 0.15) is 12.1 Å². The van der Waals surface area contributed by atoms with Gasteiger partial charge in [-0.25, -0.2) is 4.79 Å². The number of imide groups is 1. The van der Waals surface area contributed by atoms with Gasteiger partial charge in [-0.1, -0.05) is 25.7 Å². The summed E-state index contributed by atoms with van der Waals surface area (Å²) in [6.07, 6.45) is 5.17. The maximum absolute atomic E-state index is 12.0. The predicted octanol–water partition coefficient (Wildman–Crippen LogP) is 0.116. The molecule has 94 valence electrons. The average Bonchev–Trinajstić information content (AvgIpc) is 2.48. The van der Waals surface area contributed by atoms with Gasteiger partial charge < -0.3 is 10.6 Å². The highest BCUT2D eigenvalue weighted by molar-refractivity contribution is 6.08. The minimum Gasteiger partial charge on any atom is -0.368 e. The third kappa shape index (κ3) is 1.99. The maximum Gasteiger partial charge on any atom is 0.325 e. The van der Waals surface area contributed by atoms with Gasteiger partial charge >= 0.3 is 6.03 Å². The van der Waals surface area contributed by atoms with Crippen LogP contribution in [-0.2, 0) is 9.59 Å². The highest BCUT2D eigenvalue weighted by Gasteiger charge is 2.52. The molecule has 3 N–H and O–H groups in total. The molecule has 0 atom stereocenters. The normalized spacial score (nSPS) is 23.6. The molecule has 1 heterocycles. The molecule has 2 fully saturated rings. The molecule has 1 aliphatic heterocycles. The Morgan fingerprint density at radius 2 is 1.82 bits per heavy atom. The number of primary amides is 1. The van der Waals surface area contributed by atoms with E-state index in [9.17, 15) is 14.4 Å². The molecule has 0 unspecified atom stereocenters. The van der Waals surface area contributed by atoms with Crippen molar-refractivity contribution in [2.24, 2.45) is 5.73 Å². The lowest BCUT2D eigenvalue weighted by Gasteiger charge is -2.33. The Morgan fingerprint density at radius 3 is 2.35 bits per heavy atom. The smallest absolute Gasteiger partial charge is 0.325 e. The van der Waals surface area contributed by atoms with Gasteiger partial charge in [-0.15, -0.1) is 0 Å². The van der Waals surface area contributed by atoms with Gasteiger partial charge in [-0.2, -0.15) is 0 Å². The topological polar surface area (TPSA) is 92.5 Å². The fourth-order valence-electron chi connectivity index (χ4n) is 2.79. The van der Waals surface area contributed by atoms with Crippen molar-refractivity contribution < 1.29 is 14.4 Å². The number of hydrogen-bond donors (Lipinski definition) is 2. The van der Waals surface area contributed by atoms with E-state index in [1.807, 2.05) is 0 Å². The summed E-state index contributed by atoms with van der Waals surface area (Å²) in [5, 5.41) is 2.30. The van der Waals surface area contributed by atoms with E-state index in [1.54, 1.807) is 0 Å². The van der Waals surface area contributed by atoms with Crippen LogP contribution in [0, 0.1) is 0 Å². The van der Waals surface area contributed by atoms with Crippen molar-refractivity contribution in [3.8, 4) is 0 Å². The summed E-state index contributed by atoms with van der Waals surface area (Å²) in [7, 11) is 0. The van der Waals surface area contributed by atoms with Crippen LogP contribution in [0.25, 0.3) is 0 Å². The van der Waals surface area contributed by atoms with Crippen LogP contribution < -0.4 is 11.1 Å². The van der Waals surface area contributed by atoms with Gasteiger partial charge in [0, 0.05) is 0 Å². The number of nitrogens with two attached hydrogens (primary N) is 1. The van der Waals surface area contributed by atoms with Crippen LogP contribution in [0.4, 0.5) is 4.79 Å². The monoisotopic (exact) mass is 239 g/mol. The molecule has 2 aliphatic rings. The van der Waals surface area contributed by atoms with Crippen LogP contribution in [0.1, 0.15) is 38.5 Å². The molecular formula is C11H17N3O3. The second kappa shape index (κ2) is 4.35. The summed E-state index contributed by atoms with van der Waals surface area (Å²) in [6.45, 7) is -0.183. The van der Waals surface area contributed by atoms with Crippen molar-refractivity contribution in [3.63, 3.8) is 0 Å². The van der Waals surface area contributed by atoms with Crippen LogP contribution in [-0.4, -0.2) is 34.8 Å². The van der Waals surface area contributed by atoms with Gasteiger partial charge in [0.05, 0.1) is 0 Å². The first-order valence-corrected chi connectivity index (χ1v) is 5.98. The average molecular weight is 239 g/mol. The zero-order valence-corrected chi connectivity index (χ0v) is 9.70. The summed E-state index contributed by atoms with van der Waals surface area (Å²) in [4.78, 5) is 36.0. The van der Waals surface area contributed by atoms with Crippen LogP contribution in [0.5, 0.6) is 0 Å². The number of carbonyl (C=O) groups excluding carboxylic acids is 3. The minimum absolute atomic E-state index is 0.183. The molecule has 0 aromatic heterocycles. The number of rotatable bonds is 2.